The number of nitro groups is 1. The van der Waals surface area contributed by atoms with Crippen molar-refractivity contribution in [2.24, 2.45) is 10.9 Å². The van der Waals surface area contributed by atoms with Crippen LogP contribution in [0, 0.1) is 10.1 Å². The maximum atomic E-state index is 11.3. The molecule has 0 saturated carbocycles. The van der Waals surface area contributed by atoms with Crippen molar-refractivity contribution in [3.05, 3.63) is 27.9 Å². The molecule has 0 bridgehead atoms. The fraction of sp³-hybridized carbons (Fsp3) is 0.500. The molecule has 0 atom stereocenters. The van der Waals surface area contributed by atoms with E-state index in [9.17, 15) is 10.1 Å². The number of nitrogens with zero attached hydrogens (tertiary/aromatic N) is 4. The Morgan fingerprint density at radius 1 is 1.67 bits per heavy atom. The number of pyridine rings is 1. The highest BCUT2D eigenvalue weighted by Crippen LogP contribution is 2.33. The Kier molecular flexibility index (Phi) is 3.94. The minimum Gasteiger partial charge on any atom is -0.409 e. The van der Waals surface area contributed by atoms with Gasteiger partial charge in [0.15, 0.2) is 5.84 Å². The monoisotopic (exact) mass is 295 g/mol. The zero-order chi connectivity index (χ0) is 15.6. The van der Waals surface area contributed by atoms with Crippen LogP contribution in [0.15, 0.2) is 17.4 Å². The molecule has 0 aromatic carbocycles. The number of morpholine rings is 1. The van der Waals surface area contributed by atoms with Crippen LogP contribution >= 0.6 is 0 Å². The van der Waals surface area contributed by atoms with Crippen LogP contribution in [0.3, 0.4) is 0 Å². The third-order valence-corrected chi connectivity index (χ3v) is 3.35. The van der Waals surface area contributed by atoms with Crippen molar-refractivity contribution in [2.45, 2.75) is 19.4 Å². The third-order valence-electron chi connectivity index (χ3n) is 3.35. The molecule has 9 heteroatoms. The molecule has 3 N–H and O–H groups in total. The molecule has 114 valence electrons. The highest BCUT2D eigenvalue weighted by atomic mass is 16.6. The van der Waals surface area contributed by atoms with Gasteiger partial charge in [-0.3, -0.25) is 10.1 Å². The molecule has 0 amide bonds. The first-order valence-corrected chi connectivity index (χ1v) is 6.34. The van der Waals surface area contributed by atoms with Crippen molar-refractivity contribution in [2.75, 3.05) is 24.7 Å². The summed E-state index contributed by atoms with van der Waals surface area (Å²) in [6.07, 6.45) is 1.35. The molecule has 2 heterocycles. The number of nitrogens with two attached hydrogens (primary N) is 1. The van der Waals surface area contributed by atoms with Gasteiger partial charge in [-0.2, -0.15) is 0 Å². The molecule has 0 unspecified atom stereocenters. The minimum atomic E-state index is -0.526. The summed E-state index contributed by atoms with van der Waals surface area (Å²) in [7, 11) is 0. The zero-order valence-electron chi connectivity index (χ0n) is 11.8. The highest BCUT2D eigenvalue weighted by molar-refractivity contribution is 5.97. The van der Waals surface area contributed by atoms with Gasteiger partial charge >= 0.3 is 5.69 Å². The number of oxime groups is 1. The number of aromatic nitrogens is 1. The largest absolute Gasteiger partial charge is 0.409 e. The Hall–Kier alpha value is -2.42. The summed E-state index contributed by atoms with van der Waals surface area (Å²) < 4.78 is 5.40. The Balaban J connectivity index is 2.50. The minimum absolute atomic E-state index is 0.186. The molecule has 21 heavy (non-hydrogen) atoms. The molecular weight excluding hydrogens is 278 g/mol. The number of ether oxygens (including phenoxy) is 1. The summed E-state index contributed by atoms with van der Waals surface area (Å²) >= 11 is 0. The first-order chi connectivity index (χ1) is 9.86. The van der Waals surface area contributed by atoms with Crippen molar-refractivity contribution in [3.8, 4) is 0 Å². The number of amidine groups is 1. The SMILES string of the molecule is CC1(C)COCCN1c1ncc(C(N)=NO)cc1[N+](=O)[O-]. The number of rotatable bonds is 3. The molecule has 0 radical (unpaired) electrons. The van der Waals surface area contributed by atoms with Gasteiger partial charge in [0.05, 0.1) is 23.7 Å². The topological polar surface area (TPSA) is 127 Å². The van der Waals surface area contributed by atoms with Crippen molar-refractivity contribution < 1.29 is 14.9 Å². The summed E-state index contributed by atoms with van der Waals surface area (Å²) in [6.45, 7) is 5.28. The van der Waals surface area contributed by atoms with Crippen molar-refractivity contribution in [1.29, 1.82) is 0 Å². The molecule has 2 rings (SSSR count). The molecule has 1 aliphatic rings. The van der Waals surface area contributed by atoms with Crippen molar-refractivity contribution in [3.63, 3.8) is 0 Å². The normalized spacial score (nSPS) is 18.6. The summed E-state index contributed by atoms with van der Waals surface area (Å²) in [5, 5.41) is 22.8. The van der Waals surface area contributed by atoms with E-state index in [1.165, 1.54) is 12.3 Å². The van der Waals surface area contributed by atoms with E-state index in [1.54, 1.807) is 0 Å². The summed E-state index contributed by atoms with van der Waals surface area (Å²) in [5.74, 6) is 0.0289. The van der Waals surface area contributed by atoms with Gasteiger partial charge in [-0.25, -0.2) is 4.98 Å². The number of hydrogen-bond acceptors (Lipinski definition) is 7. The van der Waals surface area contributed by atoms with Crippen LogP contribution in [-0.4, -0.2) is 46.2 Å². The van der Waals surface area contributed by atoms with E-state index in [4.69, 9.17) is 15.7 Å². The molecule has 1 aromatic rings. The quantitative estimate of drug-likeness (QED) is 0.276. The first kappa shape index (κ1) is 15.0. The van der Waals surface area contributed by atoms with Gasteiger partial charge < -0.3 is 20.6 Å². The Labute approximate surface area is 121 Å². The van der Waals surface area contributed by atoms with E-state index in [2.05, 4.69) is 10.1 Å². The van der Waals surface area contributed by atoms with Crippen LogP contribution in [0.2, 0.25) is 0 Å². The van der Waals surface area contributed by atoms with Gasteiger partial charge in [0.1, 0.15) is 0 Å². The Morgan fingerprint density at radius 3 is 2.95 bits per heavy atom. The van der Waals surface area contributed by atoms with Crippen LogP contribution in [-0.2, 0) is 4.74 Å². The van der Waals surface area contributed by atoms with Crippen molar-refractivity contribution in [1.82, 2.24) is 4.98 Å². The average Bonchev–Trinajstić information content (AvgIpc) is 2.45. The van der Waals surface area contributed by atoms with E-state index in [1.807, 2.05) is 18.7 Å². The lowest BCUT2D eigenvalue weighted by Crippen LogP contribution is -2.53. The average molecular weight is 295 g/mol. The van der Waals surface area contributed by atoms with Crippen LogP contribution in [0.5, 0.6) is 0 Å². The second kappa shape index (κ2) is 5.52. The van der Waals surface area contributed by atoms with Gasteiger partial charge in [0, 0.05) is 24.4 Å². The van der Waals surface area contributed by atoms with E-state index in [-0.39, 0.29) is 22.9 Å². The van der Waals surface area contributed by atoms with E-state index in [0.29, 0.717) is 19.8 Å². The molecule has 1 aromatic heterocycles. The van der Waals surface area contributed by atoms with Crippen LogP contribution in [0.1, 0.15) is 19.4 Å². The lowest BCUT2D eigenvalue weighted by Gasteiger charge is -2.42. The first-order valence-electron chi connectivity index (χ1n) is 6.34. The number of hydrogen-bond donors (Lipinski definition) is 2. The number of anilines is 1. The van der Waals surface area contributed by atoms with E-state index >= 15 is 0 Å². The Bertz CT molecular complexity index is 587. The van der Waals surface area contributed by atoms with Crippen LogP contribution in [0.25, 0.3) is 0 Å². The molecule has 1 aliphatic heterocycles. The fourth-order valence-corrected chi connectivity index (χ4v) is 2.24. The third kappa shape index (κ3) is 2.87. The Morgan fingerprint density at radius 2 is 2.38 bits per heavy atom. The van der Waals surface area contributed by atoms with Gasteiger partial charge in [-0.1, -0.05) is 5.16 Å². The van der Waals surface area contributed by atoms with E-state index < -0.39 is 10.5 Å². The van der Waals surface area contributed by atoms with E-state index in [0.717, 1.165) is 0 Å². The van der Waals surface area contributed by atoms with Crippen LogP contribution < -0.4 is 10.6 Å². The summed E-state index contributed by atoms with van der Waals surface area (Å²) in [6, 6.07) is 1.25. The molecule has 1 fully saturated rings. The molecule has 1 saturated heterocycles. The van der Waals surface area contributed by atoms with Crippen molar-refractivity contribution >= 4 is 17.3 Å². The second-order valence-corrected chi connectivity index (χ2v) is 5.33. The molecule has 9 nitrogen and oxygen atoms in total. The lowest BCUT2D eigenvalue weighted by molar-refractivity contribution is -0.384. The highest BCUT2D eigenvalue weighted by Gasteiger charge is 2.35. The zero-order valence-corrected chi connectivity index (χ0v) is 11.8. The standard InChI is InChI=1S/C12H17N5O4/c1-12(2)7-21-4-3-16(12)11-9(17(19)20)5-8(6-14-11)10(13)15-18/h5-6,18H,3-4,7H2,1-2H3,(H2,13,15). The van der Waals surface area contributed by atoms with Gasteiger partial charge in [-0.05, 0) is 13.8 Å². The fourth-order valence-electron chi connectivity index (χ4n) is 2.24. The predicted octanol–water partition coefficient (Wildman–Crippen LogP) is 0.700. The van der Waals surface area contributed by atoms with Gasteiger partial charge in [0.25, 0.3) is 0 Å². The summed E-state index contributed by atoms with van der Waals surface area (Å²) in [5.41, 5.74) is 5.05. The van der Waals surface area contributed by atoms with Gasteiger partial charge in [-0.15, -0.1) is 0 Å². The second-order valence-electron chi connectivity index (χ2n) is 5.33. The van der Waals surface area contributed by atoms with Gasteiger partial charge in [0.2, 0.25) is 5.82 Å². The molecule has 0 aliphatic carbocycles. The molecule has 0 spiro atoms. The maximum Gasteiger partial charge on any atom is 0.312 e. The predicted molar refractivity (Wildman–Crippen MR) is 75.6 cm³/mol. The smallest absolute Gasteiger partial charge is 0.312 e. The van der Waals surface area contributed by atoms with Crippen LogP contribution in [0.4, 0.5) is 11.5 Å². The maximum absolute atomic E-state index is 11.3. The molecular formula is C12H17N5O4. The summed E-state index contributed by atoms with van der Waals surface area (Å²) in [4.78, 5) is 16.8. The lowest BCUT2D eigenvalue weighted by atomic mass is 10.0.